The van der Waals surface area contributed by atoms with Gasteiger partial charge >= 0.3 is 0 Å². The number of rotatable bonds is 4. The van der Waals surface area contributed by atoms with Crippen LogP contribution in [-0.4, -0.2) is 29.9 Å². The van der Waals surface area contributed by atoms with E-state index in [1.807, 2.05) is 18.7 Å². The number of nitrogens with zero attached hydrogens (tertiary/aromatic N) is 1. The van der Waals surface area contributed by atoms with Gasteiger partial charge < -0.3 is 10.2 Å². The lowest BCUT2D eigenvalue weighted by molar-refractivity contribution is -0.135. The summed E-state index contributed by atoms with van der Waals surface area (Å²) in [6.07, 6.45) is 1.94. The highest BCUT2D eigenvalue weighted by molar-refractivity contribution is 9.10. The molecule has 116 valence electrons. The molecule has 0 atom stereocenters. The second-order valence-corrected chi connectivity index (χ2v) is 6.73. The zero-order valence-corrected chi connectivity index (χ0v) is 14.1. The molecule has 1 aliphatic heterocycles. The van der Waals surface area contributed by atoms with Crippen LogP contribution in [0.25, 0.3) is 0 Å². The summed E-state index contributed by atoms with van der Waals surface area (Å²) in [5.74, 6) is 0.0885. The highest BCUT2D eigenvalue weighted by atomic mass is 79.9. The summed E-state index contributed by atoms with van der Waals surface area (Å²) >= 11 is 3.38. The van der Waals surface area contributed by atoms with Gasteiger partial charge in [0.1, 0.15) is 5.82 Å². The molecule has 0 aliphatic carbocycles. The average Bonchev–Trinajstić information content (AvgIpc) is 2.46. The fourth-order valence-corrected chi connectivity index (χ4v) is 3.08. The van der Waals surface area contributed by atoms with Crippen molar-refractivity contribution in [1.82, 2.24) is 10.2 Å². The molecule has 1 aromatic rings. The van der Waals surface area contributed by atoms with Crippen LogP contribution in [0.15, 0.2) is 22.7 Å². The lowest BCUT2D eigenvalue weighted by Gasteiger charge is -2.33. The predicted octanol–water partition coefficient (Wildman–Crippen LogP) is 3.32. The van der Waals surface area contributed by atoms with Crippen LogP contribution >= 0.6 is 15.9 Å². The van der Waals surface area contributed by atoms with Crippen molar-refractivity contribution in [3.05, 3.63) is 34.1 Å². The number of carbonyl (C=O) groups is 1. The number of carbonyl (C=O) groups excluding carboxylic acids is 1. The van der Waals surface area contributed by atoms with Gasteiger partial charge in [0.25, 0.3) is 0 Å². The first kappa shape index (κ1) is 16.4. The molecular formula is C16H22BrFN2O. The van der Waals surface area contributed by atoms with Crippen LogP contribution in [0.1, 0.15) is 32.3 Å². The van der Waals surface area contributed by atoms with Crippen LogP contribution in [-0.2, 0) is 11.3 Å². The van der Waals surface area contributed by atoms with Crippen molar-refractivity contribution in [3.8, 4) is 0 Å². The third-order valence-corrected chi connectivity index (χ3v) is 4.64. The normalized spacial score (nSPS) is 16.5. The van der Waals surface area contributed by atoms with Crippen LogP contribution in [0.5, 0.6) is 0 Å². The second kappa shape index (κ2) is 7.36. The minimum absolute atomic E-state index is 0.0738. The molecular weight excluding hydrogens is 335 g/mol. The maximum absolute atomic E-state index is 13.0. The van der Waals surface area contributed by atoms with E-state index in [0.29, 0.717) is 12.6 Å². The van der Waals surface area contributed by atoms with Gasteiger partial charge in [-0.2, -0.15) is 0 Å². The third kappa shape index (κ3) is 4.51. The summed E-state index contributed by atoms with van der Waals surface area (Å²) in [6, 6.07) is 5.18. The van der Waals surface area contributed by atoms with E-state index < -0.39 is 0 Å². The molecule has 0 unspecified atom stereocenters. The molecule has 1 aliphatic rings. The Labute approximate surface area is 134 Å². The zero-order valence-electron chi connectivity index (χ0n) is 12.5. The van der Waals surface area contributed by atoms with E-state index >= 15 is 0 Å². The lowest BCUT2D eigenvalue weighted by Crippen LogP contribution is -2.46. The summed E-state index contributed by atoms with van der Waals surface area (Å²) < 4.78 is 13.8. The van der Waals surface area contributed by atoms with Crippen molar-refractivity contribution in [2.45, 2.75) is 39.3 Å². The standard InChI is InChI=1S/C16H22BrFN2O/c1-11(2)16(21)20-7-5-14(6-8-20)19-10-12-3-4-13(18)9-15(12)17/h3-4,9,11,14,19H,5-8,10H2,1-2H3. The van der Waals surface area contributed by atoms with E-state index in [1.54, 1.807) is 6.07 Å². The van der Waals surface area contributed by atoms with E-state index in [4.69, 9.17) is 0 Å². The maximum Gasteiger partial charge on any atom is 0.225 e. The molecule has 0 bridgehead atoms. The molecule has 1 saturated heterocycles. The number of halogens is 2. The molecule has 5 heteroatoms. The first-order valence-electron chi connectivity index (χ1n) is 7.43. The first-order chi connectivity index (χ1) is 9.97. The van der Waals surface area contributed by atoms with E-state index in [1.165, 1.54) is 12.1 Å². The van der Waals surface area contributed by atoms with Gasteiger partial charge in [0.15, 0.2) is 0 Å². The Kier molecular flexibility index (Phi) is 5.76. The highest BCUT2D eigenvalue weighted by Gasteiger charge is 2.23. The monoisotopic (exact) mass is 356 g/mol. The largest absolute Gasteiger partial charge is 0.342 e. The number of amides is 1. The van der Waals surface area contributed by atoms with Crippen molar-refractivity contribution in [2.24, 2.45) is 5.92 Å². The molecule has 3 nitrogen and oxygen atoms in total. The molecule has 1 fully saturated rings. The van der Waals surface area contributed by atoms with Crippen molar-refractivity contribution < 1.29 is 9.18 Å². The fourth-order valence-electron chi connectivity index (χ4n) is 2.59. The predicted molar refractivity (Wildman–Crippen MR) is 85.4 cm³/mol. The number of hydrogen-bond acceptors (Lipinski definition) is 2. The summed E-state index contributed by atoms with van der Waals surface area (Å²) in [7, 11) is 0. The van der Waals surface area contributed by atoms with Gasteiger partial charge in [-0.05, 0) is 30.5 Å². The summed E-state index contributed by atoms with van der Waals surface area (Å²) in [4.78, 5) is 13.9. The Morgan fingerprint density at radius 2 is 2.10 bits per heavy atom. The minimum atomic E-state index is -0.230. The van der Waals surface area contributed by atoms with Gasteiger partial charge in [-0.1, -0.05) is 35.8 Å². The molecule has 1 aromatic carbocycles. The fraction of sp³-hybridized carbons (Fsp3) is 0.562. The molecule has 0 aromatic heterocycles. The number of piperidine rings is 1. The average molecular weight is 357 g/mol. The van der Waals surface area contributed by atoms with Gasteiger partial charge in [0.05, 0.1) is 0 Å². The smallest absolute Gasteiger partial charge is 0.225 e. The molecule has 1 N–H and O–H groups in total. The van der Waals surface area contributed by atoms with Gasteiger partial charge in [0.2, 0.25) is 5.91 Å². The summed E-state index contributed by atoms with van der Waals surface area (Å²) in [6.45, 7) is 6.24. The number of benzene rings is 1. The number of nitrogens with one attached hydrogen (secondary N) is 1. The van der Waals surface area contributed by atoms with Crippen molar-refractivity contribution in [2.75, 3.05) is 13.1 Å². The Bertz CT molecular complexity index is 499. The van der Waals surface area contributed by atoms with E-state index in [-0.39, 0.29) is 17.6 Å². The Hall–Kier alpha value is -0.940. The summed E-state index contributed by atoms with van der Waals surface area (Å²) in [5, 5.41) is 3.50. The van der Waals surface area contributed by atoms with Crippen LogP contribution < -0.4 is 5.32 Å². The van der Waals surface area contributed by atoms with Crippen molar-refractivity contribution in [3.63, 3.8) is 0 Å². The molecule has 0 spiro atoms. The van der Waals surface area contributed by atoms with Crippen molar-refractivity contribution in [1.29, 1.82) is 0 Å². The van der Waals surface area contributed by atoms with Crippen LogP contribution in [0.2, 0.25) is 0 Å². The molecule has 21 heavy (non-hydrogen) atoms. The molecule has 2 rings (SSSR count). The zero-order chi connectivity index (χ0) is 15.4. The number of likely N-dealkylation sites (tertiary alicyclic amines) is 1. The Balaban J connectivity index is 1.80. The molecule has 1 heterocycles. The van der Waals surface area contributed by atoms with Gasteiger partial charge in [-0.3, -0.25) is 4.79 Å². The SMILES string of the molecule is CC(C)C(=O)N1CCC(NCc2ccc(F)cc2Br)CC1. The van der Waals surface area contributed by atoms with Crippen LogP contribution in [0.4, 0.5) is 4.39 Å². The van der Waals surface area contributed by atoms with Gasteiger partial charge in [-0.15, -0.1) is 0 Å². The lowest BCUT2D eigenvalue weighted by atomic mass is 10.0. The minimum Gasteiger partial charge on any atom is -0.342 e. The molecule has 0 saturated carbocycles. The molecule has 0 radical (unpaired) electrons. The second-order valence-electron chi connectivity index (χ2n) is 5.87. The van der Waals surface area contributed by atoms with Gasteiger partial charge in [-0.25, -0.2) is 4.39 Å². The van der Waals surface area contributed by atoms with Gasteiger partial charge in [0, 0.05) is 36.1 Å². The maximum atomic E-state index is 13.0. The first-order valence-corrected chi connectivity index (χ1v) is 8.22. The third-order valence-electron chi connectivity index (χ3n) is 3.90. The topological polar surface area (TPSA) is 32.3 Å². The quantitative estimate of drug-likeness (QED) is 0.897. The summed E-state index contributed by atoms with van der Waals surface area (Å²) in [5.41, 5.74) is 1.05. The number of hydrogen-bond donors (Lipinski definition) is 1. The van der Waals surface area contributed by atoms with Crippen LogP contribution in [0, 0.1) is 11.7 Å². The molecule has 1 amide bonds. The van der Waals surface area contributed by atoms with Crippen LogP contribution in [0.3, 0.4) is 0 Å². The van der Waals surface area contributed by atoms with E-state index in [0.717, 1.165) is 36.0 Å². The van der Waals surface area contributed by atoms with E-state index in [2.05, 4.69) is 21.2 Å². The Morgan fingerprint density at radius 1 is 1.43 bits per heavy atom. The Morgan fingerprint density at radius 3 is 2.67 bits per heavy atom. The highest BCUT2D eigenvalue weighted by Crippen LogP contribution is 2.19. The van der Waals surface area contributed by atoms with E-state index in [9.17, 15) is 9.18 Å². The van der Waals surface area contributed by atoms with Crippen molar-refractivity contribution >= 4 is 21.8 Å².